The van der Waals surface area contributed by atoms with Crippen LogP contribution in [-0.2, 0) is 22.6 Å². The number of hydrogen-bond acceptors (Lipinski definition) is 5. The van der Waals surface area contributed by atoms with Crippen LogP contribution < -0.4 is 5.69 Å². The summed E-state index contributed by atoms with van der Waals surface area (Å²) in [6.45, 7) is 3.11. The van der Waals surface area contributed by atoms with E-state index in [1.165, 1.54) is 10.6 Å². The number of aliphatic carboxylic acids is 1. The zero-order chi connectivity index (χ0) is 14.0. The molecule has 2 rings (SSSR count). The van der Waals surface area contributed by atoms with Gasteiger partial charge in [-0.05, 0) is 0 Å². The zero-order valence-electron chi connectivity index (χ0n) is 9.90. The van der Waals surface area contributed by atoms with Crippen LogP contribution in [0.15, 0.2) is 17.4 Å². The molecule has 2 N–H and O–H groups in total. The standard InChI is InChI=1S/C10H12N4O5/c1-2-3-19-10(18)13-5-7-11-12-9(17)14(7)4-6(13)8(15)16/h2,6H,1,3-5H2,(H,12,17)(H,15,16). The van der Waals surface area contributed by atoms with Crippen molar-refractivity contribution >= 4 is 12.1 Å². The van der Waals surface area contributed by atoms with E-state index in [0.717, 1.165) is 4.90 Å². The van der Waals surface area contributed by atoms with E-state index in [4.69, 9.17) is 9.84 Å². The smallest absolute Gasteiger partial charge is 0.411 e. The van der Waals surface area contributed by atoms with E-state index in [2.05, 4.69) is 16.8 Å². The third kappa shape index (κ3) is 2.34. The number of nitrogens with one attached hydrogen (secondary N) is 1. The Morgan fingerprint density at radius 3 is 3.00 bits per heavy atom. The van der Waals surface area contributed by atoms with Crippen LogP contribution in [0.4, 0.5) is 4.79 Å². The number of H-pyrrole nitrogens is 1. The third-order valence-electron chi connectivity index (χ3n) is 2.73. The Morgan fingerprint density at radius 2 is 2.37 bits per heavy atom. The van der Waals surface area contributed by atoms with Crippen molar-refractivity contribution in [2.24, 2.45) is 0 Å². The average molecular weight is 268 g/mol. The molecule has 1 aliphatic heterocycles. The molecule has 0 aliphatic carbocycles. The minimum absolute atomic E-state index is 0.0188. The van der Waals surface area contributed by atoms with E-state index >= 15 is 0 Å². The molecule has 0 spiro atoms. The molecule has 0 bridgehead atoms. The summed E-state index contributed by atoms with van der Waals surface area (Å²) in [4.78, 5) is 35.3. The van der Waals surface area contributed by atoms with Crippen molar-refractivity contribution in [1.29, 1.82) is 0 Å². The molecular formula is C10H12N4O5. The largest absolute Gasteiger partial charge is 0.480 e. The molecule has 9 heteroatoms. The zero-order valence-corrected chi connectivity index (χ0v) is 9.90. The number of fused-ring (bicyclic) bond motifs is 1. The van der Waals surface area contributed by atoms with Gasteiger partial charge in [0.15, 0.2) is 11.9 Å². The molecule has 1 aromatic rings. The maximum Gasteiger partial charge on any atom is 0.411 e. The number of nitrogens with zero attached hydrogens (tertiary/aromatic N) is 3. The number of carbonyl (C=O) groups is 2. The highest BCUT2D eigenvalue weighted by Gasteiger charge is 2.37. The molecule has 1 amide bonds. The number of ether oxygens (including phenoxy) is 1. The van der Waals surface area contributed by atoms with Gasteiger partial charge in [0.1, 0.15) is 6.61 Å². The number of carboxylic acids is 1. The van der Waals surface area contributed by atoms with Gasteiger partial charge in [0.25, 0.3) is 0 Å². The summed E-state index contributed by atoms with van der Waals surface area (Å²) < 4.78 is 6.00. The van der Waals surface area contributed by atoms with E-state index in [0.29, 0.717) is 0 Å². The Hall–Kier alpha value is -2.58. The Bertz CT molecular complexity index is 575. The number of rotatable bonds is 3. The topological polar surface area (TPSA) is 118 Å². The maximum absolute atomic E-state index is 11.8. The number of amides is 1. The highest BCUT2D eigenvalue weighted by atomic mass is 16.6. The second-order valence-electron chi connectivity index (χ2n) is 3.90. The SMILES string of the molecule is C=CCOC(=O)N1Cc2n[nH]c(=O)n2CC1C(=O)O. The Balaban J connectivity index is 2.27. The second kappa shape index (κ2) is 4.96. The van der Waals surface area contributed by atoms with Crippen LogP contribution in [0.25, 0.3) is 0 Å². The molecule has 1 atom stereocenters. The minimum Gasteiger partial charge on any atom is -0.480 e. The number of aromatic amines is 1. The van der Waals surface area contributed by atoms with Gasteiger partial charge in [0, 0.05) is 0 Å². The van der Waals surface area contributed by atoms with Crippen molar-refractivity contribution < 1.29 is 19.4 Å². The van der Waals surface area contributed by atoms with Crippen LogP contribution in [0.1, 0.15) is 5.82 Å². The fourth-order valence-corrected chi connectivity index (χ4v) is 1.81. The first-order chi connectivity index (χ1) is 9.04. The predicted octanol–water partition coefficient (Wildman–Crippen LogP) is -0.837. The van der Waals surface area contributed by atoms with Gasteiger partial charge in [-0.2, -0.15) is 5.10 Å². The number of carbonyl (C=O) groups excluding carboxylic acids is 1. The molecule has 0 radical (unpaired) electrons. The molecular weight excluding hydrogens is 256 g/mol. The lowest BCUT2D eigenvalue weighted by Gasteiger charge is -2.31. The lowest BCUT2D eigenvalue weighted by molar-refractivity contribution is -0.144. The summed E-state index contributed by atoms with van der Waals surface area (Å²) in [5, 5.41) is 15.1. The second-order valence-corrected chi connectivity index (χ2v) is 3.90. The quantitative estimate of drug-likeness (QED) is 0.690. The van der Waals surface area contributed by atoms with Crippen LogP contribution in [0.3, 0.4) is 0 Å². The van der Waals surface area contributed by atoms with Crippen LogP contribution in [0, 0.1) is 0 Å². The number of aromatic nitrogens is 3. The third-order valence-corrected chi connectivity index (χ3v) is 2.73. The Kier molecular flexibility index (Phi) is 3.36. The molecule has 1 aliphatic rings. The molecule has 2 heterocycles. The predicted molar refractivity (Wildman–Crippen MR) is 61.4 cm³/mol. The van der Waals surface area contributed by atoms with Crippen LogP contribution in [-0.4, -0.2) is 49.5 Å². The Morgan fingerprint density at radius 1 is 1.63 bits per heavy atom. The maximum atomic E-state index is 11.8. The molecule has 102 valence electrons. The van der Waals surface area contributed by atoms with E-state index in [1.54, 1.807) is 0 Å². The fourth-order valence-electron chi connectivity index (χ4n) is 1.81. The summed E-state index contributed by atoms with van der Waals surface area (Å²) in [5.74, 6) is -0.924. The van der Waals surface area contributed by atoms with Crippen LogP contribution in [0.2, 0.25) is 0 Å². The van der Waals surface area contributed by atoms with Gasteiger partial charge in [0.05, 0.1) is 13.1 Å². The first kappa shape index (κ1) is 12.9. The van der Waals surface area contributed by atoms with Crippen molar-refractivity contribution in [1.82, 2.24) is 19.7 Å². The average Bonchev–Trinajstić information content (AvgIpc) is 2.75. The van der Waals surface area contributed by atoms with Gasteiger partial charge in [0.2, 0.25) is 0 Å². The fraction of sp³-hybridized carbons (Fsp3) is 0.400. The van der Waals surface area contributed by atoms with Gasteiger partial charge in [-0.25, -0.2) is 19.5 Å². The minimum atomic E-state index is -1.21. The van der Waals surface area contributed by atoms with Crippen molar-refractivity contribution in [2.75, 3.05) is 6.61 Å². The van der Waals surface area contributed by atoms with Gasteiger partial charge >= 0.3 is 17.8 Å². The summed E-state index contributed by atoms with van der Waals surface area (Å²) in [6.07, 6.45) is 0.594. The van der Waals surface area contributed by atoms with Gasteiger partial charge < -0.3 is 9.84 Å². The summed E-state index contributed by atoms with van der Waals surface area (Å²) in [5.41, 5.74) is -0.500. The highest BCUT2D eigenvalue weighted by Crippen LogP contribution is 2.15. The summed E-state index contributed by atoms with van der Waals surface area (Å²) in [7, 11) is 0. The van der Waals surface area contributed by atoms with E-state index in [-0.39, 0.29) is 25.5 Å². The number of carboxylic acid groups (broad SMARTS) is 1. The monoisotopic (exact) mass is 268 g/mol. The molecule has 0 saturated heterocycles. The summed E-state index contributed by atoms with van der Waals surface area (Å²) in [6, 6.07) is -1.17. The van der Waals surface area contributed by atoms with Gasteiger partial charge in [-0.1, -0.05) is 12.7 Å². The normalized spacial score (nSPS) is 17.7. The molecule has 9 nitrogen and oxygen atoms in total. The van der Waals surface area contributed by atoms with Gasteiger partial charge in [-0.15, -0.1) is 0 Å². The first-order valence-electron chi connectivity index (χ1n) is 5.45. The lowest BCUT2D eigenvalue weighted by atomic mass is 10.2. The van der Waals surface area contributed by atoms with Crippen molar-refractivity contribution in [3.05, 3.63) is 29.0 Å². The number of hydrogen-bond donors (Lipinski definition) is 2. The lowest BCUT2D eigenvalue weighted by Crippen LogP contribution is -2.52. The van der Waals surface area contributed by atoms with Gasteiger partial charge in [-0.3, -0.25) is 9.47 Å². The van der Waals surface area contributed by atoms with E-state index in [1.807, 2.05) is 0 Å². The molecule has 1 unspecified atom stereocenters. The van der Waals surface area contributed by atoms with E-state index < -0.39 is 23.8 Å². The molecule has 0 fully saturated rings. The van der Waals surface area contributed by atoms with Crippen molar-refractivity contribution in [2.45, 2.75) is 19.1 Å². The van der Waals surface area contributed by atoms with Crippen LogP contribution in [0.5, 0.6) is 0 Å². The van der Waals surface area contributed by atoms with Crippen molar-refractivity contribution in [3.63, 3.8) is 0 Å². The highest BCUT2D eigenvalue weighted by molar-refractivity contribution is 5.80. The molecule has 19 heavy (non-hydrogen) atoms. The molecule has 0 aromatic carbocycles. The summed E-state index contributed by atoms with van der Waals surface area (Å²) >= 11 is 0. The first-order valence-corrected chi connectivity index (χ1v) is 5.45. The molecule has 1 aromatic heterocycles. The Labute approximate surface area is 107 Å². The van der Waals surface area contributed by atoms with Crippen molar-refractivity contribution in [3.8, 4) is 0 Å². The molecule has 0 saturated carbocycles. The van der Waals surface area contributed by atoms with Crippen LogP contribution >= 0.6 is 0 Å². The van der Waals surface area contributed by atoms with E-state index in [9.17, 15) is 14.4 Å².